The molecule has 0 saturated carbocycles. The number of nitrogens with zero attached hydrogens (tertiary/aromatic N) is 2. The van der Waals surface area contributed by atoms with Gasteiger partial charge in [-0.1, -0.05) is 0 Å². The molecule has 0 bridgehead atoms. The zero-order valence-corrected chi connectivity index (χ0v) is 9.83. The number of nitroso groups, excluding NO2 is 1. The van der Waals surface area contributed by atoms with Crippen LogP contribution in [-0.2, 0) is 0 Å². The Labute approximate surface area is 108 Å². The van der Waals surface area contributed by atoms with E-state index in [0.717, 1.165) is 5.39 Å². The van der Waals surface area contributed by atoms with Crippen LogP contribution in [0.3, 0.4) is 0 Å². The van der Waals surface area contributed by atoms with Crippen molar-refractivity contribution >= 4 is 22.5 Å². The average molecular weight is 251 g/mol. The van der Waals surface area contributed by atoms with E-state index >= 15 is 0 Å². The van der Waals surface area contributed by atoms with E-state index in [9.17, 15) is 9.70 Å². The number of aromatic nitrogens is 2. The fourth-order valence-corrected chi connectivity index (χ4v) is 1.97. The summed E-state index contributed by atoms with van der Waals surface area (Å²) >= 11 is 0. The molecule has 1 N–H and O–H groups in total. The molecule has 19 heavy (non-hydrogen) atoms. The topological polar surface area (TPSA) is 75.2 Å². The Bertz CT molecular complexity index is 760. The van der Waals surface area contributed by atoms with E-state index in [4.69, 9.17) is 0 Å². The average Bonchev–Trinajstić information content (AvgIpc) is 2.90. The van der Waals surface area contributed by atoms with Crippen LogP contribution in [0.2, 0.25) is 0 Å². The second-order valence-corrected chi connectivity index (χ2v) is 4.07. The molecule has 0 spiro atoms. The van der Waals surface area contributed by atoms with Gasteiger partial charge < -0.3 is 4.98 Å². The van der Waals surface area contributed by atoms with Crippen LogP contribution < -0.4 is 0 Å². The lowest BCUT2D eigenvalue weighted by Crippen LogP contribution is -1.99. The van der Waals surface area contributed by atoms with Gasteiger partial charge in [0, 0.05) is 28.9 Å². The van der Waals surface area contributed by atoms with Crippen molar-refractivity contribution in [1.29, 1.82) is 0 Å². The number of hydrogen-bond donors (Lipinski definition) is 1. The van der Waals surface area contributed by atoms with Gasteiger partial charge in [0.05, 0.1) is 0 Å². The third-order valence-electron chi connectivity index (χ3n) is 2.93. The summed E-state index contributed by atoms with van der Waals surface area (Å²) in [6.45, 7) is 0. The number of carbonyl (C=O) groups excluding carboxylic acids is 1. The van der Waals surface area contributed by atoms with Gasteiger partial charge in [-0.2, -0.15) is 0 Å². The molecule has 0 atom stereocenters. The zero-order valence-electron chi connectivity index (χ0n) is 9.83. The second-order valence-electron chi connectivity index (χ2n) is 4.07. The number of ketones is 1. The molecule has 5 nitrogen and oxygen atoms in total. The minimum atomic E-state index is -0.114. The Balaban J connectivity index is 2.05. The molecule has 2 heterocycles. The van der Waals surface area contributed by atoms with Crippen molar-refractivity contribution in [3.63, 3.8) is 0 Å². The van der Waals surface area contributed by atoms with E-state index in [0.29, 0.717) is 22.5 Å². The second kappa shape index (κ2) is 4.45. The number of H-pyrrole nitrogens is 1. The van der Waals surface area contributed by atoms with Gasteiger partial charge in [0.15, 0.2) is 5.78 Å². The van der Waals surface area contributed by atoms with E-state index < -0.39 is 0 Å². The third kappa shape index (κ3) is 1.91. The first-order valence-corrected chi connectivity index (χ1v) is 5.70. The number of rotatable bonds is 3. The summed E-state index contributed by atoms with van der Waals surface area (Å²) in [7, 11) is 0. The molecule has 5 heteroatoms. The molecular weight excluding hydrogens is 242 g/mol. The van der Waals surface area contributed by atoms with Crippen molar-refractivity contribution < 1.29 is 4.79 Å². The molecule has 0 aliphatic heterocycles. The predicted molar refractivity (Wildman–Crippen MR) is 71.4 cm³/mol. The highest BCUT2D eigenvalue weighted by Crippen LogP contribution is 2.20. The van der Waals surface area contributed by atoms with Crippen LogP contribution in [0.5, 0.6) is 0 Å². The van der Waals surface area contributed by atoms with Crippen LogP contribution >= 0.6 is 0 Å². The van der Waals surface area contributed by atoms with Crippen LogP contribution in [0.4, 0.5) is 5.69 Å². The molecule has 0 aliphatic rings. The van der Waals surface area contributed by atoms with Crippen LogP contribution in [0.25, 0.3) is 11.0 Å². The smallest absolute Gasteiger partial charge is 0.195 e. The lowest BCUT2D eigenvalue weighted by molar-refractivity contribution is 0.104. The Morgan fingerprint density at radius 1 is 1.16 bits per heavy atom. The van der Waals surface area contributed by atoms with Crippen LogP contribution in [0.1, 0.15) is 15.9 Å². The maximum atomic E-state index is 12.4. The summed E-state index contributed by atoms with van der Waals surface area (Å²) in [6.07, 6.45) is 3.31. The van der Waals surface area contributed by atoms with E-state index in [1.54, 1.807) is 30.6 Å². The third-order valence-corrected chi connectivity index (χ3v) is 2.93. The van der Waals surface area contributed by atoms with Crippen molar-refractivity contribution in [2.45, 2.75) is 0 Å². The molecular formula is C14H9N3O2. The van der Waals surface area contributed by atoms with Crippen molar-refractivity contribution in [2.75, 3.05) is 0 Å². The number of fused-ring (bicyclic) bond motifs is 1. The molecule has 0 saturated heterocycles. The summed E-state index contributed by atoms with van der Waals surface area (Å²) < 4.78 is 0. The number of carbonyl (C=O) groups is 1. The van der Waals surface area contributed by atoms with Crippen molar-refractivity contribution in [3.8, 4) is 0 Å². The fourth-order valence-electron chi connectivity index (χ4n) is 1.97. The van der Waals surface area contributed by atoms with Gasteiger partial charge in [-0.05, 0) is 41.6 Å². The van der Waals surface area contributed by atoms with Crippen molar-refractivity contribution in [1.82, 2.24) is 9.97 Å². The first-order chi connectivity index (χ1) is 9.29. The van der Waals surface area contributed by atoms with Crippen molar-refractivity contribution in [2.24, 2.45) is 5.18 Å². The number of pyridine rings is 1. The zero-order chi connectivity index (χ0) is 13.2. The van der Waals surface area contributed by atoms with Gasteiger partial charge in [0.1, 0.15) is 11.3 Å². The first kappa shape index (κ1) is 11.3. The highest BCUT2D eigenvalue weighted by molar-refractivity contribution is 6.15. The summed E-state index contributed by atoms with van der Waals surface area (Å²) in [5.41, 5.74) is 2.06. The summed E-state index contributed by atoms with van der Waals surface area (Å²) in [4.78, 5) is 29.8. The van der Waals surface area contributed by atoms with Gasteiger partial charge in [0.2, 0.25) is 0 Å². The highest BCUT2D eigenvalue weighted by Gasteiger charge is 2.14. The Morgan fingerprint density at radius 2 is 1.95 bits per heavy atom. The van der Waals surface area contributed by atoms with Crippen LogP contribution in [0, 0.1) is 4.91 Å². The molecule has 92 valence electrons. The standard InChI is InChI=1S/C14H9N3O2/c18-13(9-3-5-10(17-19)6-4-9)12-8-16-14-11(12)2-1-7-15-14/h1-8H,(H,15,16). The number of benzene rings is 1. The molecule has 2 aromatic heterocycles. The van der Waals surface area contributed by atoms with Crippen molar-refractivity contribution in [3.05, 3.63) is 64.8 Å². The largest absolute Gasteiger partial charge is 0.345 e. The molecule has 1 aromatic carbocycles. The molecule has 0 amide bonds. The van der Waals surface area contributed by atoms with Crippen LogP contribution in [-0.4, -0.2) is 15.8 Å². The van der Waals surface area contributed by atoms with E-state index in [1.165, 1.54) is 12.1 Å². The van der Waals surface area contributed by atoms with Gasteiger partial charge >= 0.3 is 0 Å². The Hall–Kier alpha value is -2.82. The van der Waals surface area contributed by atoms with Crippen LogP contribution in [0.15, 0.2) is 54.0 Å². The predicted octanol–water partition coefficient (Wildman–Crippen LogP) is 3.19. The van der Waals surface area contributed by atoms with Gasteiger partial charge in [-0.15, -0.1) is 4.91 Å². The summed E-state index contributed by atoms with van der Waals surface area (Å²) in [5.74, 6) is -0.114. The van der Waals surface area contributed by atoms with Gasteiger partial charge in [-0.25, -0.2) is 4.98 Å². The minimum Gasteiger partial charge on any atom is -0.345 e. The van der Waals surface area contributed by atoms with Gasteiger partial charge in [0.25, 0.3) is 0 Å². The molecule has 3 aromatic rings. The molecule has 0 aliphatic carbocycles. The molecule has 0 fully saturated rings. The summed E-state index contributed by atoms with van der Waals surface area (Å²) in [5, 5.41) is 3.59. The maximum Gasteiger partial charge on any atom is 0.195 e. The summed E-state index contributed by atoms with van der Waals surface area (Å²) in [6, 6.07) is 9.85. The molecule has 0 unspecified atom stereocenters. The molecule has 3 rings (SSSR count). The number of aromatic amines is 1. The van der Waals surface area contributed by atoms with E-state index in [1.807, 2.05) is 6.07 Å². The Kier molecular flexibility index (Phi) is 2.64. The quantitative estimate of drug-likeness (QED) is 0.573. The maximum absolute atomic E-state index is 12.4. The number of hydrogen-bond acceptors (Lipinski definition) is 4. The first-order valence-electron chi connectivity index (χ1n) is 5.70. The Morgan fingerprint density at radius 3 is 2.68 bits per heavy atom. The normalized spacial score (nSPS) is 10.5. The fraction of sp³-hybridized carbons (Fsp3) is 0. The SMILES string of the molecule is O=Nc1ccc(C(=O)c2c[nH]c3ncccc23)cc1. The monoisotopic (exact) mass is 251 g/mol. The number of nitrogens with one attached hydrogen (secondary N) is 1. The lowest BCUT2D eigenvalue weighted by Gasteiger charge is -1.99. The lowest BCUT2D eigenvalue weighted by atomic mass is 10.0. The molecule has 0 radical (unpaired) electrons. The minimum absolute atomic E-state index is 0.114. The highest BCUT2D eigenvalue weighted by atomic mass is 16.3. The van der Waals surface area contributed by atoms with E-state index in [-0.39, 0.29) is 5.78 Å². The van der Waals surface area contributed by atoms with E-state index in [2.05, 4.69) is 15.1 Å². The van der Waals surface area contributed by atoms with Gasteiger partial charge in [-0.3, -0.25) is 4.79 Å².